The maximum Gasteiger partial charge on any atom is 0.416 e. The van der Waals surface area contributed by atoms with Crippen LogP contribution in [0, 0.1) is 0 Å². The fraction of sp³-hybridized carbons (Fsp3) is 0.467. The molecule has 0 aliphatic rings. The van der Waals surface area contributed by atoms with Gasteiger partial charge in [0.25, 0.3) is 0 Å². The van der Waals surface area contributed by atoms with E-state index in [9.17, 15) is 18.0 Å². The zero-order chi connectivity index (χ0) is 17.6. The van der Waals surface area contributed by atoms with Crippen molar-refractivity contribution >= 4 is 39.9 Å². The van der Waals surface area contributed by atoms with Gasteiger partial charge in [-0.15, -0.1) is 0 Å². The van der Waals surface area contributed by atoms with Crippen LogP contribution >= 0.6 is 24.0 Å². The Morgan fingerprint density at radius 2 is 1.96 bits per heavy atom. The second-order valence-electron chi connectivity index (χ2n) is 4.77. The first-order chi connectivity index (χ1) is 10.7. The van der Waals surface area contributed by atoms with Crippen LogP contribution in [-0.2, 0) is 11.0 Å². The molecule has 0 aliphatic heterocycles. The molecule has 0 aliphatic carbocycles. The van der Waals surface area contributed by atoms with Crippen molar-refractivity contribution in [2.45, 2.75) is 32.2 Å². The maximum absolute atomic E-state index is 12.7. The van der Waals surface area contributed by atoms with E-state index in [0.29, 0.717) is 4.32 Å². The molecule has 3 nitrogen and oxygen atoms in total. The molecule has 0 heterocycles. The summed E-state index contributed by atoms with van der Waals surface area (Å²) in [5.74, 6) is -0.385. The van der Waals surface area contributed by atoms with E-state index in [1.807, 2.05) is 18.7 Å². The highest BCUT2D eigenvalue weighted by atomic mass is 32.2. The Morgan fingerprint density at radius 1 is 1.35 bits per heavy atom. The quantitative estimate of drug-likeness (QED) is 0.786. The van der Waals surface area contributed by atoms with Crippen molar-refractivity contribution in [3.63, 3.8) is 0 Å². The number of carbonyl (C=O) groups excluding carboxylic acids is 1. The molecule has 128 valence electrons. The molecule has 1 N–H and O–H groups in total. The van der Waals surface area contributed by atoms with E-state index in [4.69, 9.17) is 12.2 Å². The summed E-state index contributed by atoms with van der Waals surface area (Å²) in [5.41, 5.74) is -0.680. The first kappa shape index (κ1) is 19.8. The molecule has 23 heavy (non-hydrogen) atoms. The molecule has 1 amide bonds. The van der Waals surface area contributed by atoms with Gasteiger partial charge in [0.05, 0.1) is 10.8 Å². The van der Waals surface area contributed by atoms with Gasteiger partial charge in [-0.3, -0.25) is 4.79 Å². The number of thioether (sulfide) groups is 1. The Morgan fingerprint density at radius 3 is 2.48 bits per heavy atom. The minimum atomic E-state index is -4.44. The number of hydrogen-bond donors (Lipinski definition) is 1. The van der Waals surface area contributed by atoms with Crippen LogP contribution in [0.25, 0.3) is 0 Å². The van der Waals surface area contributed by atoms with E-state index in [1.165, 1.54) is 23.9 Å². The second kappa shape index (κ2) is 8.54. The van der Waals surface area contributed by atoms with Crippen molar-refractivity contribution in [2.75, 3.05) is 18.4 Å². The SMILES string of the molecule is CCN(CC)C(=S)SC(C)C(=O)Nc1cccc(C(F)(F)F)c1. The normalized spacial score (nSPS) is 12.6. The van der Waals surface area contributed by atoms with Gasteiger partial charge in [0, 0.05) is 18.8 Å². The number of nitrogens with zero attached hydrogens (tertiary/aromatic N) is 1. The number of carbonyl (C=O) groups is 1. The Bertz CT molecular complexity index is 560. The summed E-state index contributed by atoms with van der Waals surface area (Å²) in [5, 5.41) is 1.99. The first-order valence-corrected chi connectivity index (χ1v) is 8.41. The van der Waals surface area contributed by atoms with Gasteiger partial charge in [-0.25, -0.2) is 0 Å². The van der Waals surface area contributed by atoms with E-state index in [1.54, 1.807) is 6.92 Å². The first-order valence-electron chi connectivity index (χ1n) is 7.12. The van der Waals surface area contributed by atoms with Crippen molar-refractivity contribution in [1.82, 2.24) is 4.90 Å². The fourth-order valence-electron chi connectivity index (χ4n) is 1.78. The van der Waals surface area contributed by atoms with Gasteiger partial charge in [0.1, 0.15) is 4.32 Å². The molecule has 1 unspecified atom stereocenters. The summed E-state index contributed by atoms with van der Waals surface area (Å²) in [6.45, 7) is 7.07. The summed E-state index contributed by atoms with van der Waals surface area (Å²) in [6, 6.07) is 4.56. The van der Waals surface area contributed by atoms with Gasteiger partial charge < -0.3 is 10.2 Å². The molecule has 1 rings (SSSR count). The van der Waals surface area contributed by atoms with Crippen molar-refractivity contribution in [1.29, 1.82) is 0 Å². The van der Waals surface area contributed by atoms with Crippen LogP contribution in [0.2, 0.25) is 0 Å². The number of thiocarbonyl (C=S) groups is 1. The number of hydrogen-bond acceptors (Lipinski definition) is 3. The lowest BCUT2D eigenvalue weighted by Crippen LogP contribution is -2.31. The molecule has 0 bridgehead atoms. The summed E-state index contributed by atoms with van der Waals surface area (Å²) >= 11 is 6.48. The smallest absolute Gasteiger partial charge is 0.358 e. The number of rotatable bonds is 5. The largest absolute Gasteiger partial charge is 0.416 e. The van der Waals surface area contributed by atoms with Crippen LogP contribution in [0.5, 0.6) is 0 Å². The molecule has 1 atom stereocenters. The van der Waals surface area contributed by atoms with Crippen LogP contribution in [0.3, 0.4) is 0 Å². The van der Waals surface area contributed by atoms with Crippen LogP contribution in [0.15, 0.2) is 24.3 Å². The third-order valence-electron chi connectivity index (χ3n) is 3.13. The van der Waals surface area contributed by atoms with E-state index in [2.05, 4.69) is 5.32 Å². The monoisotopic (exact) mass is 364 g/mol. The lowest BCUT2D eigenvalue weighted by atomic mass is 10.2. The fourth-order valence-corrected chi connectivity index (χ4v) is 3.35. The second-order valence-corrected chi connectivity index (χ2v) is 6.74. The summed E-state index contributed by atoms with van der Waals surface area (Å²) in [7, 11) is 0. The van der Waals surface area contributed by atoms with Gasteiger partial charge in [-0.05, 0) is 39.0 Å². The number of alkyl halides is 3. The molecular weight excluding hydrogens is 345 g/mol. The number of anilines is 1. The topological polar surface area (TPSA) is 32.3 Å². The van der Waals surface area contributed by atoms with Crippen molar-refractivity contribution in [2.24, 2.45) is 0 Å². The molecule has 0 saturated carbocycles. The maximum atomic E-state index is 12.7. The average Bonchev–Trinajstić information content (AvgIpc) is 2.47. The van der Waals surface area contributed by atoms with Gasteiger partial charge >= 0.3 is 6.18 Å². The summed E-state index contributed by atoms with van der Waals surface area (Å²) < 4.78 is 38.6. The Kier molecular flexibility index (Phi) is 7.34. The molecule has 1 aromatic carbocycles. The predicted octanol–water partition coefficient (Wildman–Crippen LogP) is 4.39. The van der Waals surface area contributed by atoms with Crippen molar-refractivity contribution in [3.05, 3.63) is 29.8 Å². The van der Waals surface area contributed by atoms with Crippen LogP contribution in [0.4, 0.5) is 18.9 Å². The van der Waals surface area contributed by atoms with E-state index in [0.717, 1.165) is 25.2 Å². The Hall–Kier alpha value is -1.28. The van der Waals surface area contributed by atoms with Gasteiger partial charge in [0.15, 0.2) is 0 Å². The molecule has 0 saturated heterocycles. The molecule has 0 radical (unpaired) electrons. The third-order valence-corrected chi connectivity index (χ3v) is 4.70. The highest BCUT2D eigenvalue weighted by molar-refractivity contribution is 8.23. The Labute approximate surface area is 143 Å². The van der Waals surface area contributed by atoms with E-state index >= 15 is 0 Å². The predicted molar refractivity (Wildman–Crippen MR) is 92.6 cm³/mol. The number of nitrogens with one attached hydrogen (secondary N) is 1. The summed E-state index contributed by atoms with van der Waals surface area (Å²) in [6.07, 6.45) is -4.44. The van der Waals surface area contributed by atoms with Gasteiger partial charge in [-0.1, -0.05) is 30.0 Å². The van der Waals surface area contributed by atoms with Crippen molar-refractivity contribution in [3.8, 4) is 0 Å². The lowest BCUT2D eigenvalue weighted by Gasteiger charge is -2.23. The van der Waals surface area contributed by atoms with Crippen LogP contribution in [0.1, 0.15) is 26.3 Å². The van der Waals surface area contributed by atoms with Crippen LogP contribution in [-0.4, -0.2) is 33.5 Å². The Balaban J connectivity index is 2.71. The number of benzene rings is 1. The number of amides is 1. The zero-order valence-corrected chi connectivity index (χ0v) is 14.7. The molecule has 0 aromatic heterocycles. The standard InChI is InChI=1S/C15H19F3N2OS2/c1-4-20(5-2)14(22)23-10(3)13(21)19-12-8-6-7-11(9-12)15(16,17)18/h6-10H,4-5H2,1-3H3,(H,19,21). The lowest BCUT2D eigenvalue weighted by molar-refractivity contribution is -0.137. The van der Waals surface area contributed by atoms with Gasteiger partial charge in [-0.2, -0.15) is 13.2 Å². The van der Waals surface area contributed by atoms with Crippen molar-refractivity contribution < 1.29 is 18.0 Å². The highest BCUT2D eigenvalue weighted by Crippen LogP contribution is 2.30. The van der Waals surface area contributed by atoms with Gasteiger partial charge in [0.2, 0.25) is 5.91 Å². The summed E-state index contributed by atoms with van der Waals surface area (Å²) in [4.78, 5) is 14.1. The molecule has 1 aromatic rings. The molecule has 0 spiro atoms. The van der Waals surface area contributed by atoms with Crippen LogP contribution < -0.4 is 5.32 Å². The van der Waals surface area contributed by atoms with E-state index in [-0.39, 0.29) is 11.6 Å². The molecule has 8 heteroatoms. The number of halogens is 3. The average molecular weight is 364 g/mol. The minimum absolute atomic E-state index is 0.117. The highest BCUT2D eigenvalue weighted by Gasteiger charge is 2.30. The minimum Gasteiger partial charge on any atom is -0.358 e. The third kappa shape index (κ3) is 6.02. The molecule has 0 fully saturated rings. The van der Waals surface area contributed by atoms with E-state index < -0.39 is 17.0 Å². The molecular formula is C15H19F3N2OS2. The zero-order valence-electron chi connectivity index (χ0n) is 13.1.